The van der Waals surface area contributed by atoms with E-state index in [1.807, 2.05) is 30.3 Å². The Labute approximate surface area is 87.1 Å². The summed E-state index contributed by atoms with van der Waals surface area (Å²) < 4.78 is 5.57. The van der Waals surface area contributed by atoms with E-state index in [1.54, 1.807) is 0 Å². The number of fused-ring (bicyclic) bond motifs is 1. The molecule has 1 atom stereocenters. The van der Waals surface area contributed by atoms with Crippen LogP contribution in [0.2, 0.25) is 0 Å². The number of benzene rings is 1. The van der Waals surface area contributed by atoms with Crippen molar-refractivity contribution in [1.29, 1.82) is 0 Å². The van der Waals surface area contributed by atoms with Gasteiger partial charge in [-0.2, -0.15) is 0 Å². The molecule has 0 spiro atoms. The summed E-state index contributed by atoms with van der Waals surface area (Å²) in [6.07, 6.45) is 0. The third-order valence-electron chi connectivity index (χ3n) is 2.25. The Morgan fingerprint density at radius 1 is 1.36 bits per heavy atom. The van der Waals surface area contributed by atoms with Gasteiger partial charge in [-0.3, -0.25) is 0 Å². The molecule has 14 heavy (non-hydrogen) atoms. The fourth-order valence-electron chi connectivity index (χ4n) is 1.42. The number of rotatable bonds is 3. The number of hydrogen-bond acceptors (Lipinski definition) is 2. The Balaban J connectivity index is 2.43. The van der Waals surface area contributed by atoms with Crippen molar-refractivity contribution in [3.8, 4) is 0 Å². The van der Waals surface area contributed by atoms with Gasteiger partial charge in [0, 0.05) is 11.3 Å². The summed E-state index contributed by atoms with van der Waals surface area (Å²) in [5.74, 6) is 1.02. The Morgan fingerprint density at radius 2 is 2.14 bits per heavy atom. The molecule has 0 aliphatic carbocycles. The van der Waals surface area contributed by atoms with Crippen molar-refractivity contribution in [3.63, 3.8) is 0 Å². The molecule has 2 rings (SSSR count). The van der Waals surface area contributed by atoms with Gasteiger partial charge in [0.25, 0.3) is 0 Å². The van der Waals surface area contributed by atoms with Crippen LogP contribution in [0.3, 0.4) is 0 Å². The van der Waals surface area contributed by atoms with Crippen molar-refractivity contribution in [1.82, 2.24) is 0 Å². The molecule has 1 aromatic carbocycles. The quantitative estimate of drug-likeness (QED) is 0.791. The zero-order valence-corrected chi connectivity index (χ0v) is 8.37. The summed E-state index contributed by atoms with van der Waals surface area (Å²) in [6.45, 7) is 0.0172. The molecule has 3 heteroatoms. The SMILES string of the molecule is OC[C@H](CCl)c1cc2ccccc2o1. The van der Waals surface area contributed by atoms with E-state index in [4.69, 9.17) is 21.1 Å². The van der Waals surface area contributed by atoms with E-state index >= 15 is 0 Å². The van der Waals surface area contributed by atoms with E-state index in [0.29, 0.717) is 5.88 Å². The highest BCUT2D eigenvalue weighted by molar-refractivity contribution is 6.18. The van der Waals surface area contributed by atoms with Crippen LogP contribution in [0.4, 0.5) is 0 Å². The fourth-order valence-corrected chi connectivity index (χ4v) is 1.67. The van der Waals surface area contributed by atoms with Gasteiger partial charge >= 0.3 is 0 Å². The van der Waals surface area contributed by atoms with E-state index in [-0.39, 0.29) is 12.5 Å². The summed E-state index contributed by atoms with van der Waals surface area (Å²) in [6, 6.07) is 9.69. The molecule has 0 bridgehead atoms. The first-order valence-electron chi connectivity index (χ1n) is 4.50. The second-order valence-corrected chi connectivity index (χ2v) is 3.53. The van der Waals surface area contributed by atoms with E-state index in [9.17, 15) is 0 Å². The number of para-hydroxylation sites is 1. The molecular weight excluding hydrogens is 200 g/mol. The van der Waals surface area contributed by atoms with E-state index in [0.717, 1.165) is 16.7 Å². The lowest BCUT2D eigenvalue weighted by Gasteiger charge is -2.04. The van der Waals surface area contributed by atoms with Crippen LogP contribution >= 0.6 is 11.6 Å². The van der Waals surface area contributed by atoms with Crippen molar-refractivity contribution in [2.75, 3.05) is 12.5 Å². The maximum atomic E-state index is 9.06. The molecule has 74 valence electrons. The lowest BCUT2D eigenvalue weighted by atomic mass is 10.1. The highest BCUT2D eigenvalue weighted by Gasteiger charge is 2.13. The first-order chi connectivity index (χ1) is 6.85. The topological polar surface area (TPSA) is 33.4 Å². The van der Waals surface area contributed by atoms with Gasteiger partial charge < -0.3 is 9.52 Å². The Kier molecular flexibility index (Phi) is 2.75. The summed E-state index contributed by atoms with van der Waals surface area (Å²) >= 11 is 5.71. The fraction of sp³-hybridized carbons (Fsp3) is 0.273. The number of hydrogen-bond donors (Lipinski definition) is 1. The normalized spacial score (nSPS) is 13.3. The predicted octanol–water partition coefficient (Wildman–Crippen LogP) is 2.75. The molecule has 1 N–H and O–H groups in total. The highest BCUT2D eigenvalue weighted by atomic mass is 35.5. The lowest BCUT2D eigenvalue weighted by molar-refractivity contribution is 0.261. The molecule has 0 fully saturated rings. The zero-order valence-electron chi connectivity index (χ0n) is 7.61. The van der Waals surface area contributed by atoms with Gasteiger partial charge in [-0.25, -0.2) is 0 Å². The third kappa shape index (κ3) is 1.63. The van der Waals surface area contributed by atoms with Gasteiger partial charge in [-0.15, -0.1) is 11.6 Å². The van der Waals surface area contributed by atoms with Gasteiger partial charge in [0.15, 0.2) is 0 Å². The van der Waals surface area contributed by atoms with Crippen LogP contribution in [0.15, 0.2) is 34.7 Å². The Hall–Kier alpha value is -0.990. The Bertz CT molecular complexity index is 385. The number of furan rings is 1. The second-order valence-electron chi connectivity index (χ2n) is 3.22. The molecule has 0 aliphatic rings. The molecular formula is C11H11ClO2. The summed E-state index contributed by atoms with van der Waals surface area (Å²) in [5.41, 5.74) is 0.839. The second kappa shape index (κ2) is 4.03. The van der Waals surface area contributed by atoms with Crippen LogP contribution in [-0.4, -0.2) is 17.6 Å². The minimum Gasteiger partial charge on any atom is -0.461 e. The first-order valence-corrected chi connectivity index (χ1v) is 5.04. The molecule has 2 nitrogen and oxygen atoms in total. The molecule has 1 heterocycles. The minimum absolute atomic E-state index is 0.0172. The Morgan fingerprint density at radius 3 is 2.79 bits per heavy atom. The van der Waals surface area contributed by atoms with Gasteiger partial charge in [-0.05, 0) is 12.1 Å². The highest BCUT2D eigenvalue weighted by Crippen LogP contribution is 2.25. The standard InChI is InChI=1S/C11H11ClO2/c12-6-9(7-13)11-5-8-3-1-2-4-10(8)14-11/h1-5,9,13H,6-7H2/t9-/m0/s1. The van der Waals surface area contributed by atoms with Gasteiger partial charge in [-0.1, -0.05) is 18.2 Å². The molecule has 0 amide bonds. The van der Waals surface area contributed by atoms with Crippen molar-refractivity contribution < 1.29 is 9.52 Å². The minimum atomic E-state index is -0.107. The molecule has 1 aromatic heterocycles. The maximum Gasteiger partial charge on any atom is 0.134 e. The molecule has 0 aliphatic heterocycles. The van der Waals surface area contributed by atoms with E-state index in [2.05, 4.69) is 0 Å². The van der Waals surface area contributed by atoms with Gasteiger partial charge in [0.1, 0.15) is 11.3 Å². The lowest BCUT2D eigenvalue weighted by Crippen LogP contribution is -2.03. The van der Waals surface area contributed by atoms with Gasteiger partial charge in [0.05, 0.1) is 12.5 Å². The van der Waals surface area contributed by atoms with Crippen molar-refractivity contribution in [2.45, 2.75) is 5.92 Å². The van der Waals surface area contributed by atoms with Crippen LogP contribution in [0.25, 0.3) is 11.0 Å². The molecule has 0 saturated heterocycles. The maximum absolute atomic E-state index is 9.06. The number of aliphatic hydroxyl groups excluding tert-OH is 1. The summed E-state index contributed by atoms with van der Waals surface area (Å²) in [4.78, 5) is 0. The summed E-state index contributed by atoms with van der Waals surface area (Å²) in [5, 5.41) is 10.1. The largest absolute Gasteiger partial charge is 0.461 e. The average molecular weight is 211 g/mol. The van der Waals surface area contributed by atoms with Crippen molar-refractivity contribution in [2.24, 2.45) is 0 Å². The average Bonchev–Trinajstić information content (AvgIpc) is 2.63. The molecule has 0 radical (unpaired) electrons. The van der Waals surface area contributed by atoms with Crippen LogP contribution in [0.1, 0.15) is 11.7 Å². The number of alkyl halides is 1. The van der Waals surface area contributed by atoms with Crippen LogP contribution in [0.5, 0.6) is 0 Å². The monoisotopic (exact) mass is 210 g/mol. The van der Waals surface area contributed by atoms with Gasteiger partial charge in [0.2, 0.25) is 0 Å². The summed E-state index contributed by atoms with van der Waals surface area (Å²) in [7, 11) is 0. The molecule has 0 saturated carbocycles. The number of halogens is 1. The smallest absolute Gasteiger partial charge is 0.134 e. The van der Waals surface area contributed by atoms with E-state index < -0.39 is 0 Å². The van der Waals surface area contributed by atoms with E-state index in [1.165, 1.54) is 0 Å². The molecule has 2 aromatic rings. The predicted molar refractivity (Wildman–Crippen MR) is 56.8 cm³/mol. The zero-order chi connectivity index (χ0) is 9.97. The molecule has 0 unspecified atom stereocenters. The van der Waals surface area contributed by atoms with Crippen LogP contribution < -0.4 is 0 Å². The van der Waals surface area contributed by atoms with Crippen LogP contribution in [0, 0.1) is 0 Å². The third-order valence-corrected chi connectivity index (χ3v) is 2.63. The van der Waals surface area contributed by atoms with Crippen LogP contribution in [-0.2, 0) is 0 Å². The van der Waals surface area contributed by atoms with Crippen molar-refractivity contribution in [3.05, 3.63) is 36.1 Å². The van der Waals surface area contributed by atoms with Crippen molar-refractivity contribution >= 4 is 22.6 Å². The first kappa shape index (κ1) is 9.56. The number of aliphatic hydroxyl groups is 1.